The maximum atomic E-state index is 12.4. The first kappa shape index (κ1) is 20.5. The van der Waals surface area contributed by atoms with Gasteiger partial charge in [-0.1, -0.05) is 17.3 Å². The number of carbonyl (C=O) groups excluding carboxylic acids is 2. The van der Waals surface area contributed by atoms with E-state index in [1.165, 1.54) is 12.1 Å². The predicted octanol–water partition coefficient (Wildman–Crippen LogP) is 2.11. The molecular weight excluding hydrogens is 432 g/mol. The molecule has 158 valence electrons. The molecule has 2 aromatic carbocycles. The van der Waals surface area contributed by atoms with Gasteiger partial charge in [-0.25, -0.2) is 16.8 Å². The van der Waals surface area contributed by atoms with Crippen LogP contribution in [0.5, 0.6) is 0 Å². The highest BCUT2D eigenvalue weighted by Crippen LogP contribution is 2.38. The van der Waals surface area contributed by atoms with E-state index in [1.54, 1.807) is 18.2 Å². The minimum atomic E-state index is -4.08. The van der Waals surface area contributed by atoms with Gasteiger partial charge in [-0.3, -0.25) is 9.59 Å². The fraction of sp³-hybridized carbons (Fsp3) is 0.316. The SMILES string of the molecule is CS(=O)(=O)N(c1ccc2c(ccc3onc(C4CCC(=O)CC4=O)c32)c1)S(C)(=O)=O. The molecular formula is C19H18N2O7S2. The molecule has 1 unspecified atom stereocenters. The number of rotatable bonds is 4. The molecule has 3 aromatic rings. The zero-order chi connectivity index (χ0) is 21.8. The first-order valence-corrected chi connectivity index (χ1v) is 12.7. The molecule has 0 amide bonds. The highest BCUT2D eigenvalue weighted by atomic mass is 32.3. The maximum absolute atomic E-state index is 12.4. The lowest BCUT2D eigenvalue weighted by molar-refractivity contribution is -0.130. The second-order valence-electron chi connectivity index (χ2n) is 7.41. The summed E-state index contributed by atoms with van der Waals surface area (Å²) in [6.45, 7) is 0. The predicted molar refractivity (Wildman–Crippen MR) is 110 cm³/mol. The van der Waals surface area contributed by atoms with Crippen LogP contribution < -0.4 is 3.71 Å². The van der Waals surface area contributed by atoms with E-state index in [9.17, 15) is 26.4 Å². The number of aromatic nitrogens is 1. The first-order valence-electron chi connectivity index (χ1n) is 9.04. The zero-order valence-corrected chi connectivity index (χ0v) is 17.8. The molecule has 0 aliphatic heterocycles. The number of ketones is 2. The average molecular weight is 450 g/mol. The Hall–Kier alpha value is -2.79. The Morgan fingerprint density at radius 2 is 1.73 bits per heavy atom. The normalized spacial score (nSPS) is 18.3. The molecule has 0 N–H and O–H groups in total. The number of anilines is 1. The monoisotopic (exact) mass is 450 g/mol. The van der Waals surface area contributed by atoms with Crippen LogP contribution in [-0.4, -0.2) is 46.1 Å². The number of carbonyl (C=O) groups is 2. The lowest BCUT2D eigenvalue weighted by Crippen LogP contribution is -2.35. The fourth-order valence-electron chi connectivity index (χ4n) is 3.92. The van der Waals surface area contributed by atoms with Gasteiger partial charge in [-0.15, -0.1) is 0 Å². The van der Waals surface area contributed by atoms with Crippen molar-refractivity contribution in [3.63, 3.8) is 0 Å². The van der Waals surface area contributed by atoms with Crippen molar-refractivity contribution in [3.05, 3.63) is 36.0 Å². The summed E-state index contributed by atoms with van der Waals surface area (Å²) in [4.78, 5) is 24.0. The van der Waals surface area contributed by atoms with Crippen LogP contribution in [0.1, 0.15) is 30.9 Å². The summed E-state index contributed by atoms with van der Waals surface area (Å²) in [5.74, 6) is -0.867. The van der Waals surface area contributed by atoms with Gasteiger partial charge in [0.15, 0.2) is 5.58 Å². The molecule has 1 heterocycles. The van der Waals surface area contributed by atoms with Crippen LogP contribution in [0.15, 0.2) is 34.9 Å². The molecule has 4 rings (SSSR count). The Bertz CT molecular complexity index is 1390. The Labute approximate surface area is 172 Å². The molecule has 0 radical (unpaired) electrons. The highest BCUT2D eigenvalue weighted by molar-refractivity contribution is 8.09. The summed E-state index contributed by atoms with van der Waals surface area (Å²) in [6.07, 6.45) is 2.14. The topological polar surface area (TPSA) is 132 Å². The van der Waals surface area contributed by atoms with Gasteiger partial charge in [-0.2, -0.15) is 3.71 Å². The number of hydrogen-bond donors (Lipinski definition) is 0. The van der Waals surface area contributed by atoms with E-state index < -0.39 is 26.0 Å². The molecule has 1 aromatic heterocycles. The lowest BCUT2D eigenvalue weighted by Gasteiger charge is -2.20. The number of sulfonamides is 2. The molecule has 11 heteroatoms. The number of benzene rings is 2. The average Bonchev–Trinajstić information content (AvgIpc) is 3.03. The third-order valence-corrected chi connectivity index (χ3v) is 8.33. The van der Waals surface area contributed by atoms with Crippen molar-refractivity contribution in [3.8, 4) is 0 Å². The summed E-state index contributed by atoms with van der Waals surface area (Å²) in [6, 6.07) is 7.69. The van der Waals surface area contributed by atoms with E-state index in [-0.39, 0.29) is 30.1 Å². The van der Waals surface area contributed by atoms with Crippen LogP contribution in [0.3, 0.4) is 0 Å². The molecule has 1 aliphatic rings. The maximum Gasteiger partial charge on any atom is 0.245 e. The van der Waals surface area contributed by atoms with Gasteiger partial charge >= 0.3 is 0 Å². The molecule has 0 bridgehead atoms. The molecule has 1 atom stereocenters. The minimum Gasteiger partial charge on any atom is -0.356 e. The molecule has 9 nitrogen and oxygen atoms in total. The van der Waals surface area contributed by atoms with Gasteiger partial charge in [0.1, 0.15) is 17.3 Å². The Morgan fingerprint density at radius 3 is 2.37 bits per heavy atom. The van der Waals surface area contributed by atoms with Crippen molar-refractivity contribution in [2.75, 3.05) is 16.2 Å². The number of nitrogens with zero attached hydrogens (tertiary/aromatic N) is 2. The summed E-state index contributed by atoms with van der Waals surface area (Å²) < 4.78 is 54.0. The Morgan fingerprint density at radius 1 is 1.03 bits per heavy atom. The van der Waals surface area contributed by atoms with Crippen LogP contribution in [-0.2, 0) is 29.6 Å². The number of fused-ring (bicyclic) bond motifs is 3. The molecule has 0 saturated heterocycles. The van der Waals surface area contributed by atoms with Crippen molar-refractivity contribution in [1.29, 1.82) is 0 Å². The van der Waals surface area contributed by atoms with Crippen LogP contribution in [0.2, 0.25) is 0 Å². The van der Waals surface area contributed by atoms with E-state index in [2.05, 4.69) is 5.16 Å². The molecule has 1 fully saturated rings. The second-order valence-corrected chi connectivity index (χ2v) is 11.3. The largest absolute Gasteiger partial charge is 0.356 e. The van der Waals surface area contributed by atoms with Crippen LogP contribution in [0.25, 0.3) is 21.7 Å². The van der Waals surface area contributed by atoms with Gasteiger partial charge < -0.3 is 4.52 Å². The fourth-order valence-corrected chi connectivity index (χ4v) is 6.88. The first-order chi connectivity index (χ1) is 14.0. The quantitative estimate of drug-likeness (QED) is 0.552. The van der Waals surface area contributed by atoms with Crippen molar-refractivity contribution < 1.29 is 30.9 Å². The van der Waals surface area contributed by atoms with Crippen molar-refractivity contribution >= 4 is 59.0 Å². The lowest BCUT2D eigenvalue weighted by atomic mass is 9.83. The van der Waals surface area contributed by atoms with Crippen molar-refractivity contribution in [2.45, 2.75) is 25.2 Å². The number of hydrogen-bond acceptors (Lipinski definition) is 8. The standard InChI is InChI=1S/C19H18N2O7S2/c1-29(24,25)21(30(2,26)27)12-4-6-14-11(9-12)3-8-17-18(14)19(20-28-17)15-7-5-13(22)10-16(15)23/h3-4,6,8-9,15H,5,7,10H2,1-2H3. The van der Waals surface area contributed by atoms with Crippen molar-refractivity contribution in [1.82, 2.24) is 5.16 Å². The van der Waals surface area contributed by atoms with E-state index >= 15 is 0 Å². The zero-order valence-electron chi connectivity index (χ0n) is 16.2. The van der Waals surface area contributed by atoms with E-state index in [0.717, 1.165) is 12.5 Å². The smallest absolute Gasteiger partial charge is 0.245 e. The highest BCUT2D eigenvalue weighted by Gasteiger charge is 2.33. The van der Waals surface area contributed by atoms with Gasteiger partial charge in [-0.05, 0) is 35.4 Å². The molecule has 1 saturated carbocycles. The van der Waals surface area contributed by atoms with Gasteiger partial charge in [0.25, 0.3) is 0 Å². The van der Waals surface area contributed by atoms with Crippen LogP contribution in [0.4, 0.5) is 5.69 Å². The van der Waals surface area contributed by atoms with E-state index in [1.807, 2.05) is 0 Å². The molecule has 30 heavy (non-hydrogen) atoms. The molecule has 1 aliphatic carbocycles. The van der Waals surface area contributed by atoms with Gasteiger partial charge in [0, 0.05) is 6.42 Å². The van der Waals surface area contributed by atoms with E-state index in [0.29, 0.717) is 37.6 Å². The van der Waals surface area contributed by atoms with E-state index in [4.69, 9.17) is 4.52 Å². The van der Waals surface area contributed by atoms with Gasteiger partial charge in [0.05, 0.1) is 35.9 Å². The summed E-state index contributed by atoms with van der Waals surface area (Å²) in [5.41, 5.74) is 0.853. The summed E-state index contributed by atoms with van der Waals surface area (Å²) >= 11 is 0. The summed E-state index contributed by atoms with van der Waals surface area (Å²) in [7, 11) is -8.15. The molecule has 0 spiro atoms. The van der Waals surface area contributed by atoms with Crippen molar-refractivity contribution in [2.24, 2.45) is 0 Å². The van der Waals surface area contributed by atoms with Crippen LogP contribution >= 0.6 is 0 Å². The third kappa shape index (κ3) is 3.47. The Balaban J connectivity index is 1.91. The number of Topliss-reactive ketones (excluding diaryl/α,β-unsaturated/α-hetero) is 2. The summed E-state index contributed by atoms with van der Waals surface area (Å²) in [5, 5.41) is 5.86. The second kappa shape index (κ2) is 6.88. The Kier molecular flexibility index (Phi) is 4.70. The van der Waals surface area contributed by atoms with Crippen LogP contribution in [0, 0.1) is 0 Å². The van der Waals surface area contributed by atoms with Gasteiger partial charge in [0.2, 0.25) is 20.0 Å². The third-order valence-electron chi connectivity index (χ3n) is 5.08. The minimum absolute atomic E-state index is 0.0239.